The Labute approximate surface area is 219 Å². The van der Waals surface area contributed by atoms with Gasteiger partial charge in [-0.1, -0.05) is 30.3 Å². The number of β-amino-alcohol motifs (C(OH)–C–C–N with tert-alkyl or cyclic N) is 1. The fourth-order valence-electron chi connectivity index (χ4n) is 6.96. The normalized spacial score (nSPS) is 32.0. The zero-order chi connectivity index (χ0) is 25.5. The lowest BCUT2D eigenvalue weighted by atomic mass is 9.68. The van der Waals surface area contributed by atoms with Gasteiger partial charge < -0.3 is 30.6 Å². The molecule has 1 aromatic heterocycles. The molecule has 37 heavy (non-hydrogen) atoms. The van der Waals surface area contributed by atoms with Crippen molar-refractivity contribution in [1.29, 1.82) is 0 Å². The zero-order valence-electron chi connectivity index (χ0n) is 21.9. The maximum atomic E-state index is 11.7. The van der Waals surface area contributed by atoms with E-state index in [0.717, 1.165) is 82.8 Å². The predicted molar refractivity (Wildman–Crippen MR) is 144 cm³/mol. The largest absolute Gasteiger partial charge is 0.389 e. The highest BCUT2D eigenvalue weighted by atomic mass is 16.3. The molecule has 6 rings (SSSR count). The molecule has 0 bridgehead atoms. The van der Waals surface area contributed by atoms with Gasteiger partial charge in [0.2, 0.25) is 5.95 Å². The van der Waals surface area contributed by atoms with Gasteiger partial charge in [0.1, 0.15) is 0 Å². The summed E-state index contributed by atoms with van der Waals surface area (Å²) in [6.07, 6.45) is 9.38. The van der Waals surface area contributed by atoms with Gasteiger partial charge in [-0.2, -0.15) is 0 Å². The molecule has 1 unspecified atom stereocenters. The number of hydrogen-bond acceptors (Lipinski definition) is 9. The van der Waals surface area contributed by atoms with Crippen LogP contribution >= 0.6 is 0 Å². The van der Waals surface area contributed by atoms with Gasteiger partial charge in [-0.3, -0.25) is 4.90 Å². The lowest BCUT2D eigenvalue weighted by molar-refractivity contribution is -0.120. The van der Waals surface area contributed by atoms with Crippen molar-refractivity contribution in [3.8, 4) is 0 Å². The molecule has 1 spiro atoms. The Morgan fingerprint density at radius 1 is 1.00 bits per heavy atom. The Bertz CT molecular complexity index is 1050. The first-order valence-electron chi connectivity index (χ1n) is 13.9. The Morgan fingerprint density at radius 2 is 1.68 bits per heavy atom. The first kappa shape index (κ1) is 25.0. The van der Waals surface area contributed by atoms with Crippen molar-refractivity contribution in [2.75, 3.05) is 56.1 Å². The van der Waals surface area contributed by atoms with Crippen molar-refractivity contribution in [2.45, 2.75) is 68.0 Å². The maximum absolute atomic E-state index is 11.7. The summed E-state index contributed by atoms with van der Waals surface area (Å²) in [6.45, 7) is 4.88. The Kier molecular flexibility index (Phi) is 6.61. The summed E-state index contributed by atoms with van der Waals surface area (Å²) in [7, 11) is 2.06. The molecule has 0 radical (unpaired) electrons. The van der Waals surface area contributed by atoms with E-state index in [1.165, 1.54) is 5.56 Å². The average Bonchev–Trinajstić information content (AvgIpc) is 3.20. The molecule has 0 amide bonds. The van der Waals surface area contributed by atoms with E-state index in [2.05, 4.69) is 67.8 Å². The van der Waals surface area contributed by atoms with E-state index < -0.39 is 12.0 Å². The number of aliphatic hydroxyl groups is 2. The average molecular weight is 508 g/mol. The van der Waals surface area contributed by atoms with Crippen molar-refractivity contribution >= 4 is 11.6 Å². The lowest BCUT2D eigenvalue weighted by Gasteiger charge is -2.51. The van der Waals surface area contributed by atoms with Crippen LogP contribution in [0, 0.1) is 0 Å². The maximum Gasteiger partial charge on any atom is 0.225 e. The van der Waals surface area contributed by atoms with Crippen molar-refractivity contribution < 1.29 is 10.2 Å². The summed E-state index contributed by atoms with van der Waals surface area (Å²) < 4.78 is 0. The van der Waals surface area contributed by atoms with Crippen LogP contribution in [0.1, 0.15) is 50.5 Å². The van der Waals surface area contributed by atoms with Crippen molar-refractivity contribution in [3.05, 3.63) is 48.3 Å². The van der Waals surface area contributed by atoms with Crippen LogP contribution in [0.3, 0.4) is 0 Å². The van der Waals surface area contributed by atoms with Crippen LogP contribution in [-0.2, 0) is 5.54 Å². The monoisotopic (exact) mass is 507 g/mol. The molecule has 2 saturated heterocycles. The Hall–Kier alpha value is -2.30. The number of benzene rings is 1. The number of piperazine rings is 1. The minimum absolute atomic E-state index is 0.0714. The second kappa shape index (κ2) is 9.78. The molecule has 2 aliphatic heterocycles. The second-order valence-corrected chi connectivity index (χ2v) is 11.6. The SMILES string of the molecule is CN[C@]1(c2ccccc2)CC[C@]2(CC1)CN(c1cnc(N3CCNCC3)nc1)C(O)N2CC1(O)CCC1. The summed E-state index contributed by atoms with van der Waals surface area (Å²) in [5.41, 5.74) is 1.17. The Balaban J connectivity index is 1.25. The molecular formula is C28H41N7O2. The van der Waals surface area contributed by atoms with E-state index in [4.69, 9.17) is 0 Å². The minimum atomic E-state index is -0.808. The zero-order valence-corrected chi connectivity index (χ0v) is 21.9. The van der Waals surface area contributed by atoms with E-state index >= 15 is 0 Å². The van der Waals surface area contributed by atoms with Gasteiger partial charge in [-0.25, -0.2) is 9.97 Å². The first-order chi connectivity index (χ1) is 18.0. The number of rotatable bonds is 6. The van der Waals surface area contributed by atoms with Gasteiger partial charge in [0.05, 0.1) is 23.7 Å². The van der Waals surface area contributed by atoms with Crippen LogP contribution < -0.4 is 20.4 Å². The highest BCUT2D eigenvalue weighted by Gasteiger charge is 2.56. The van der Waals surface area contributed by atoms with Crippen molar-refractivity contribution in [1.82, 2.24) is 25.5 Å². The number of aliphatic hydroxyl groups excluding tert-OH is 1. The van der Waals surface area contributed by atoms with Gasteiger partial charge in [-0.15, -0.1) is 0 Å². The van der Waals surface area contributed by atoms with Gasteiger partial charge in [-0.05, 0) is 57.6 Å². The quantitative estimate of drug-likeness (QED) is 0.465. The van der Waals surface area contributed by atoms with Gasteiger partial charge in [0, 0.05) is 50.3 Å². The van der Waals surface area contributed by atoms with Crippen LogP contribution in [0.4, 0.5) is 11.6 Å². The van der Waals surface area contributed by atoms with Gasteiger partial charge in [0.15, 0.2) is 6.35 Å². The topological polar surface area (TPSA) is 100 Å². The second-order valence-electron chi connectivity index (χ2n) is 11.6. The smallest absolute Gasteiger partial charge is 0.225 e. The highest BCUT2D eigenvalue weighted by molar-refractivity contribution is 5.48. The number of nitrogens with zero attached hydrogens (tertiary/aromatic N) is 5. The molecule has 200 valence electrons. The van der Waals surface area contributed by atoms with Crippen LogP contribution in [0.2, 0.25) is 0 Å². The predicted octanol–water partition coefficient (Wildman–Crippen LogP) is 1.63. The molecule has 4 aliphatic rings. The molecule has 9 heteroatoms. The third-order valence-electron chi connectivity index (χ3n) is 9.58. The van der Waals surface area contributed by atoms with E-state index in [9.17, 15) is 10.2 Å². The molecular weight excluding hydrogens is 466 g/mol. The van der Waals surface area contributed by atoms with Crippen LogP contribution in [0.25, 0.3) is 0 Å². The number of nitrogens with one attached hydrogen (secondary N) is 2. The molecule has 2 aromatic rings. The molecule has 2 aliphatic carbocycles. The van der Waals surface area contributed by atoms with E-state index in [1.54, 1.807) is 0 Å². The molecule has 3 heterocycles. The summed E-state index contributed by atoms with van der Waals surface area (Å²) in [6, 6.07) is 10.7. The fraction of sp³-hybridized carbons (Fsp3) is 0.643. The van der Waals surface area contributed by atoms with Gasteiger partial charge >= 0.3 is 0 Å². The summed E-state index contributed by atoms with van der Waals surface area (Å²) in [5, 5.41) is 29.8. The molecule has 1 atom stereocenters. The van der Waals surface area contributed by atoms with E-state index in [0.29, 0.717) is 13.1 Å². The number of anilines is 2. The van der Waals surface area contributed by atoms with Crippen molar-refractivity contribution in [3.63, 3.8) is 0 Å². The van der Waals surface area contributed by atoms with Crippen LogP contribution in [-0.4, -0.2) is 88.9 Å². The van der Waals surface area contributed by atoms with E-state index in [1.807, 2.05) is 17.3 Å². The van der Waals surface area contributed by atoms with Crippen molar-refractivity contribution in [2.24, 2.45) is 0 Å². The fourth-order valence-corrected chi connectivity index (χ4v) is 6.96. The lowest BCUT2D eigenvalue weighted by Crippen LogP contribution is -2.60. The third-order valence-corrected chi connectivity index (χ3v) is 9.58. The summed E-state index contributed by atoms with van der Waals surface area (Å²) in [4.78, 5) is 15.8. The van der Waals surface area contributed by atoms with Crippen LogP contribution in [0.5, 0.6) is 0 Å². The number of aromatic nitrogens is 2. The molecule has 2 saturated carbocycles. The van der Waals surface area contributed by atoms with Crippen LogP contribution in [0.15, 0.2) is 42.7 Å². The highest BCUT2D eigenvalue weighted by Crippen LogP contribution is 2.49. The molecule has 4 fully saturated rings. The standard InChI is InChI=1S/C28H41N7O2/c1-29-28(22-6-3-2-4-7-22)12-10-26(11-13-28)20-34(25(36)35(26)21-27(37)8-5-9-27)23-18-31-24(32-19-23)33-16-14-30-15-17-33/h2-4,6-7,18-19,25,29-30,36-37H,5,8-17,20-21H2,1H3/t25?,26-,28+. The minimum Gasteiger partial charge on any atom is -0.389 e. The molecule has 1 aromatic carbocycles. The summed E-state index contributed by atoms with van der Waals surface area (Å²) in [5.74, 6) is 0.744. The molecule has 4 N–H and O–H groups in total. The molecule has 9 nitrogen and oxygen atoms in total. The Morgan fingerprint density at radius 3 is 2.27 bits per heavy atom. The number of hydrogen-bond donors (Lipinski definition) is 4. The third kappa shape index (κ3) is 4.51. The van der Waals surface area contributed by atoms with Gasteiger partial charge in [0.25, 0.3) is 0 Å². The van der Waals surface area contributed by atoms with E-state index in [-0.39, 0.29) is 11.1 Å². The first-order valence-corrected chi connectivity index (χ1v) is 13.9. The summed E-state index contributed by atoms with van der Waals surface area (Å²) >= 11 is 0.